The predicted octanol–water partition coefficient (Wildman–Crippen LogP) is 5.88. The molecule has 0 bridgehead atoms. The summed E-state index contributed by atoms with van der Waals surface area (Å²) in [7, 11) is 0. The second-order valence-corrected chi connectivity index (χ2v) is 7.42. The highest BCUT2D eigenvalue weighted by Crippen LogP contribution is 2.30. The van der Waals surface area contributed by atoms with Crippen LogP contribution in [0.3, 0.4) is 0 Å². The molecule has 0 atom stereocenters. The fourth-order valence-electron chi connectivity index (χ4n) is 3.42. The quantitative estimate of drug-likeness (QED) is 0.384. The van der Waals surface area contributed by atoms with Gasteiger partial charge < -0.3 is 0 Å². The molecule has 5 rings (SSSR count). The first-order valence-electron chi connectivity index (χ1n) is 9.74. The van der Waals surface area contributed by atoms with Crippen LogP contribution in [0, 0.1) is 19.7 Å². The van der Waals surface area contributed by atoms with Crippen molar-refractivity contribution in [1.29, 1.82) is 0 Å². The maximum Gasteiger partial charge on any atom is 0.251 e. The number of aromatic nitrogens is 4. The van der Waals surface area contributed by atoms with Gasteiger partial charge in [-0.15, -0.1) is 0 Å². The van der Waals surface area contributed by atoms with Crippen molar-refractivity contribution in [3.05, 3.63) is 95.9 Å². The van der Waals surface area contributed by atoms with Crippen molar-refractivity contribution in [1.82, 2.24) is 19.6 Å². The molecule has 0 unspecified atom stereocenters. The summed E-state index contributed by atoms with van der Waals surface area (Å²) in [6, 6.07) is 22.8. The lowest BCUT2D eigenvalue weighted by Gasteiger charge is -2.09. The highest BCUT2D eigenvalue weighted by atomic mass is 19.1. The number of aryl methyl sites for hydroxylation is 2. The SMILES string of the molecule is Cc1ccc(-c2nc3nc(-c4cccc(F)c4)cn3nc2-c2ccc(C)cc2)cc1. The van der Waals surface area contributed by atoms with E-state index in [0.717, 1.165) is 22.5 Å². The first-order chi connectivity index (χ1) is 14.6. The van der Waals surface area contributed by atoms with Gasteiger partial charge in [-0.1, -0.05) is 71.8 Å². The Hall–Kier alpha value is -3.86. The molecule has 0 saturated carbocycles. The van der Waals surface area contributed by atoms with E-state index in [1.807, 2.05) is 30.3 Å². The molecule has 0 aliphatic rings. The minimum Gasteiger partial charge on any atom is -0.209 e. The number of hydrogen-bond acceptors (Lipinski definition) is 3. The molecule has 146 valence electrons. The third-order valence-corrected chi connectivity index (χ3v) is 5.08. The van der Waals surface area contributed by atoms with Crippen molar-refractivity contribution in [3.63, 3.8) is 0 Å². The van der Waals surface area contributed by atoms with E-state index in [1.165, 1.54) is 23.3 Å². The predicted molar refractivity (Wildman–Crippen MR) is 117 cm³/mol. The molecule has 0 fully saturated rings. The first kappa shape index (κ1) is 18.2. The Balaban J connectivity index is 1.73. The van der Waals surface area contributed by atoms with Gasteiger partial charge >= 0.3 is 0 Å². The Kier molecular flexibility index (Phi) is 4.36. The fourth-order valence-corrected chi connectivity index (χ4v) is 3.42. The molecular formula is C25H19FN4. The standard InChI is InChI=1S/C25H19FN4/c1-16-6-10-18(11-7-16)23-24(19-12-8-17(2)9-13-19)29-30-15-22(27-25(30)28-23)20-4-3-5-21(26)14-20/h3-15H,1-2H3. The number of rotatable bonds is 3. The van der Waals surface area contributed by atoms with Gasteiger partial charge in [0, 0.05) is 16.7 Å². The minimum absolute atomic E-state index is 0.300. The van der Waals surface area contributed by atoms with Crippen LogP contribution in [0.1, 0.15) is 11.1 Å². The molecule has 0 radical (unpaired) electrons. The topological polar surface area (TPSA) is 43.1 Å². The van der Waals surface area contributed by atoms with Crippen LogP contribution in [-0.2, 0) is 0 Å². The van der Waals surface area contributed by atoms with Gasteiger partial charge in [0.25, 0.3) is 5.78 Å². The highest BCUT2D eigenvalue weighted by molar-refractivity contribution is 5.79. The van der Waals surface area contributed by atoms with E-state index < -0.39 is 0 Å². The lowest BCUT2D eigenvalue weighted by Crippen LogP contribution is -2.01. The van der Waals surface area contributed by atoms with Crippen molar-refractivity contribution >= 4 is 5.78 Å². The van der Waals surface area contributed by atoms with E-state index in [2.05, 4.69) is 43.1 Å². The van der Waals surface area contributed by atoms with Gasteiger partial charge in [0.2, 0.25) is 0 Å². The summed E-state index contributed by atoms with van der Waals surface area (Å²) in [5, 5.41) is 4.84. The highest BCUT2D eigenvalue weighted by Gasteiger charge is 2.16. The van der Waals surface area contributed by atoms with Crippen LogP contribution in [0.15, 0.2) is 79.0 Å². The Morgan fingerprint density at radius 2 is 1.33 bits per heavy atom. The van der Waals surface area contributed by atoms with Crippen molar-refractivity contribution in [2.24, 2.45) is 0 Å². The molecule has 0 saturated heterocycles. The maximum absolute atomic E-state index is 13.7. The summed E-state index contributed by atoms with van der Waals surface area (Å²) >= 11 is 0. The zero-order chi connectivity index (χ0) is 20.7. The number of hydrogen-bond donors (Lipinski definition) is 0. The number of imidazole rings is 1. The normalized spacial score (nSPS) is 11.2. The van der Waals surface area contributed by atoms with Gasteiger partial charge in [-0.05, 0) is 26.0 Å². The van der Waals surface area contributed by atoms with Crippen molar-refractivity contribution in [2.75, 3.05) is 0 Å². The Morgan fingerprint density at radius 1 is 0.700 bits per heavy atom. The number of benzene rings is 3. The van der Waals surface area contributed by atoms with Crippen LogP contribution in [0.25, 0.3) is 39.5 Å². The lowest BCUT2D eigenvalue weighted by molar-refractivity contribution is 0.628. The fraction of sp³-hybridized carbons (Fsp3) is 0.0800. The van der Waals surface area contributed by atoms with Crippen LogP contribution >= 0.6 is 0 Å². The molecule has 3 aromatic carbocycles. The Labute approximate surface area is 173 Å². The molecule has 4 nitrogen and oxygen atoms in total. The molecular weight excluding hydrogens is 375 g/mol. The van der Waals surface area contributed by atoms with E-state index >= 15 is 0 Å². The molecule has 2 heterocycles. The third kappa shape index (κ3) is 3.35. The lowest BCUT2D eigenvalue weighted by atomic mass is 10.0. The van der Waals surface area contributed by atoms with Crippen LogP contribution in [-0.4, -0.2) is 19.6 Å². The molecule has 2 aromatic heterocycles. The molecule has 0 spiro atoms. The number of nitrogens with zero attached hydrogens (tertiary/aromatic N) is 4. The molecule has 0 amide bonds. The van der Waals surface area contributed by atoms with Crippen LogP contribution in [0.4, 0.5) is 4.39 Å². The van der Waals surface area contributed by atoms with Crippen molar-refractivity contribution in [3.8, 4) is 33.8 Å². The van der Waals surface area contributed by atoms with Crippen LogP contribution in [0.5, 0.6) is 0 Å². The summed E-state index contributed by atoms with van der Waals surface area (Å²) in [5.41, 5.74) is 7.17. The second kappa shape index (κ2) is 7.19. The minimum atomic E-state index is -0.300. The van der Waals surface area contributed by atoms with Gasteiger partial charge in [0.05, 0.1) is 11.9 Å². The van der Waals surface area contributed by atoms with Crippen LogP contribution < -0.4 is 0 Å². The van der Waals surface area contributed by atoms with Crippen LogP contribution in [0.2, 0.25) is 0 Å². The second-order valence-electron chi connectivity index (χ2n) is 7.42. The van der Waals surface area contributed by atoms with Crippen molar-refractivity contribution < 1.29 is 4.39 Å². The van der Waals surface area contributed by atoms with E-state index in [4.69, 9.17) is 10.1 Å². The molecule has 0 N–H and O–H groups in total. The van der Waals surface area contributed by atoms with Gasteiger partial charge in [-0.2, -0.15) is 5.10 Å². The zero-order valence-corrected chi connectivity index (χ0v) is 16.7. The molecule has 0 aliphatic heterocycles. The summed E-state index contributed by atoms with van der Waals surface area (Å²) < 4.78 is 15.3. The van der Waals surface area contributed by atoms with Crippen molar-refractivity contribution in [2.45, 2.75) is 13.8 Å². The summed E-state index contributed by atoms with van der Waals surface area (Å²) in [5.74, 6) is 0.173. The zero-order valence-electron chi connectivity index (χ0n) is 16.7. The Bertz CT molecular complexity index is 1270. The van der Waals surface area contributed by atoms with E-state index in [1.54, 1.807) is 16.8 Å². The van der Waals surface area contributed by atoms with Gasteiger partial charge in [-0.25, -0.2) is 18.9 Å². The summed E-state index contributed by atoms with van der Waals surface area (Å²) in [4.78, 5) is 9.44. The first-order valence-corrected chi connectivity index (χ1v) is 9.74. The van der Waals surface area contributed by atoms with E-state index in [0.29, 0.717) is 17.0 Å². The molecule has 5 heteroatoms. The Morgan fingerprint density at radius 3 is 1.97 bits per heavy atom. The number of halogens is 1. The van der Waals surface area contributed by atoms with E-state index in [9.17, 15) is 4.39 Å². The average Bonchev–Trinajstić information content (AvgIpc) is 3.17. The maximum atomic E-state index is 13.7. The largest absolute Gasteiger partial charge is 0.251 e. The smallest absolute Gasteiger partial charge is 0.209 e. The third-order valence-electron chi connectivity index (χ3n) is 5.08. The average molecular weight is 394 g/mol. The van der Waals surface area contributed by atoms with Gasteiger partial charge in [0.15, 0.2) is 0 Å². The number of fused-ring (bicyclic) bond motifs is 1. The molecule has 30 heavy (non-hydrogen) atoms. The monoisotopic (exact) mass is 394 g/mol. The van der Waals surface area contributed by atoms with Gasteiger partial charge in [-0.3, -0.25) is 0 Å². The summed E-state index contributed by atoms with van der Waals surface area (Å²) in [6.07, 6.45) is 1.79. The summed E-state index contributed by atoms with van der Waals surface area (Å²) in [6.45, 7) is 4.11. The van der Waals surface area contributed by atoms with Gasteiger partial charge in [0.1, 0.15) is 17.2 Å². The molecule has 5 aromatic rings. The van der Waals surface area contributed by atoms with E-state index in [-0.39, 0.29) is 5.82 Å². The molecule has 0 aliphatic carbocycles.